The molecule has 0 radical (unpaired) electrons. The summed E-state index contributed by atoms with van der Waals surface area (Å²) in [5.41, 5.74) is 0. The number of carbonyl (C=O) groups excluding carboxylic acids is 2. The molecule has 0 fully saturated rings. The topological polar surface area (TPSA) is 207 Å². The molecule has 0 rings (SSSR count). The van der Waals surface area contributed by atoms with E-state index in [0.717, 1.165) is 0 Å². The van der Waals surface area contributed by atoms with Crippen molar-refractivity contribution in [3.63, 3.8) is 0 Å². The van der Waals surface area contributed by atoms with Gasteiger partial charge in [-0.05, 0) is 25.7 Å². The summed E-state index contributed by atoms with van der Waals surface area (Å²) in [5.74, 6) is -6.29. The van der Waals surface area contributed by atoms with Crippen LogP contribution in [0, 0.1) is 0 Å². The third kappa shape index (κ3) is 12.2. The van der Waals surface area contributed by atoms with E-state index in [9.17, 15) is 28.8 Å². The second-order valence-electron chi connectivity index (χ2n) is 5.99. The highest BCUT2D eigenvalue weighted by Crippen LogP contribution is 2.05. The number of hydrogen-bond acceptors (Lipinski definition) is 6. The minimum Gasteiger partial charge on any atom is -0.481 e. The van der Waals surface area contributed by atoms with Crippen LogP contribution in [0.25, 0.3) is 0 Å². The van der Waals surface area contributed by atoms with E-state index in [0.29, 0.717) is 0 Å². The number of amides is 2. The van der Waals surface area contributed by atoms with Gasteiger partial charge in [-0.15, -0.1) is 0 Å². The second-order valence-corrected chi connectivity index (χ2v) is 5.99. The minimum atomic E-state index is -1.35. The molecule has 158 valence electrons. The fraction of sp³-hybridized carbons (Fsp3) is 0.625. The SMILES string of the molecule is O=C(O)CC[C@H](NC(=O)CCCCC(=O)N[C@@H](CCC(=O)O)C(=O)O)C(=O)O. The maximum atomic E-state index is 11.7. The molecule has 0 saturated carbocycles. The number of carboxylic acid groups (broad SMARTS) is 4. The monoisotopic (exact) mass is 404 g/mol. The highest BCUT2D eigenvalue weighted by atomic mass is 16.4. The zero-order valence-corrected chi connectivity index (χ0v) is 15.0. The molecule has 28 heavy (non-hydrogen) atoms. The molecular formula is C16H24N2O10. The fourth-order valence-electron chi connectivity index (χ4n) is 2.15. The molecule has 0 heterocycles. The summed E-state index contributed by atoms with van der Waals surface area (Å²) in [4.78, 5) is 66.3. The van der Waals surface area contributed by atoms with E-state index in [1.807, 2.05) is 0 Å². The van der Waals surface area contributed by atoms with Crippen LogP contribution in [0.3, 0.4) is 0 Å². The lowest BCUT2D eigenvalue weighted by Gasteiger charge is -2.14. The van der Waals surface area contributed by atoms with Crippen LogP contribution in [0.5, 0.6) is 0 Å². The Morgan fingerprint density at radius 2 is 0.893 bits per heavy atom. The van der Waals surface area contributed by atoms with Crippen molar-refractivity contribution in [2.45, 2.75) is 63.5 Å². The van der Waals surface area contributed by atoms with Gasteiger partial charge < -0.3 is 31.1 Å². The van der Waals surface area contributed by atoms with E-state index >= 15 is 0 Å². The van der Waals surface area contributed by atoms with Gasteiger partial charge in [0, 0.05) is 25.7 Å². The second kappa shape index (κ2) is 13.1. The Morgan fingerprint density at radius 1 is 0.571 bits per heavy atom. The van der Waals surface area contributed by atoms with E-state index < -0.39 is 60.6 Å². The minimum absolute atomic E-state index is 0.0918. The molecule has 0 aliphatic carbocycles. The Labute approximate surface area is 159 Å². The summed E-state index contributed by atoms with van der Waals surface area (Å²) in [7, 11) is 0. The van der Waals surface area contributed by atoms with Crippen LogP contribution in [-0.4, -0.2) is 68.2 Å². The first-order valence-electron chi connectivity index (χ1n) is 8.50. The van der Waals surface area contributed by atoms with Crippen LogP contribution in [-0.2, 0) is 28.8 Å². The largest absolute Gasteiger partial charge is 0.481 e. The number of aliphatic carboxylic acids is 4. The zero-order valence-electron chi connectivity index (χ0n) is 15.0. The van der Waals surface area contributed by atoms with E-state index in [1.165, 1.54) is 0 Å². The maximum Gasteiger partial charge on any atom is 0.326 e. The summed E-state index contributed by atoms with van der Waals surface area (Å²) < 4.78 is 0. The lowest BCUT2D eigenvalue weighted by Crippen LogP contribution is -2.41. The number of carbonyl (C=O) groups is 6. The van der Waals surface area contributed by atoms with Gasteiger partial charge in [0.25, 0.3) is 0 Å². The predicted molar refractivity (Wildman–Crippen MR) is 91.3 cm³/mol. The smallest absolute Gasteiger partial charge is 0.326 e. The summed E-state index contributed by atoms with van der Waals surface area (Å²) in [5, 5.41) is 39.4. The third-order valence-corrected chi connectivity index (χ3v) is 3.62. The van der Waals surface area contributed by atoms with Crippen molar-refractivity contribution >= 4 is 35.7 Å². The lowest BCUT2D eigenvalue weighted by molar-refractivity contribution is -0.144. The van der Waals surface area contributed by atoms with Crippen LogP contribution >= 0.6 is 0 Å². The number of unbranched alkanes of at least 4 members (excludes halogenated alkanes) is 1. The highest BCUT2D eigenvalue weighted by Gasteiger charge is 2.22. The first-order valence-corrected chi connectivity index (χ1v) is 8.50. The molecule has 0 bridgehead atoms. The fourth-order valence-corrected chi connectivity index (χ4v) is 2.15. The van der Waals surface area contributed by atoms with Crippen LogP contribution in [0.2, 0.25) is 0 Å². The lowest BCUT2D eigenvalue weighted by atomic mass is 10.1. The summed E-state index contributed by atoms with van der Waals surface area (Å²) in [6.07, 6.45) is -1.09. The maximum absolute atomic E-state index is 11.7. The molecule has 2 amide bonds. The first kappa shape index (κ1) is 24.8. The van der Waals surface area contributed by atoms with Crippen LogP contribution < -0.4 is 10.6 Å². The summed E-state index contributed by atoms with van der Waals surface area (Å²) in [6, 6.07) is -2.64. The van der Waals surface area contributed by atoms with Crippen molar-refractivity contribution in [3.8, 4) is 0 Å². The van der Waals surface area contributed by atoms with Crippen molar-refractivity contribution < 1.29 is 49.2 Å². The van der Waals surface area contributed by atoms with Crippen molar-refractivity contribution in [2.24, 2.45) is 0 Å². The Hall–Kier alpha value is -3.18. The van der Waals surface area contributed by atoms with Gasteiger partial charge in [-0.1, -0.05) is 0 Å². The van der Waals surface area contributed by atoms with Crippen molar-refractivity contribution in [3.05, 3.63) is 0 Å². The van der Waals surface area contributed by atoms with Gasteiger partial charge in [0.05, 0.1) is 0 Å². The average molecular weight is 404 g/mol. The molecule has 6 N–H and O–H groups in total. The van der Waals surface area contributed by atoms with Gasteiger partial charge in [0.15, 0.2) is 0 Å². The summed E-state index contributed by atoms with van der Waals surface area (Å²) >= 11 is 0. The Morgan fingerprint density at radius 3 is 1.14 bits per heavy atom. The standard InChI is InChI=1S/C16H24N2O10/c19-11(17-9(15(25)26)5-7-13(21)22)3-1-2-4-12(20)18-10(16(27)28)6-8-14(23)24/h9-10H,1-8H2,(H,17,19)(H,18,20)(H,21,22)(H,23,24)(H,25,26)(H,27,28)/t9-,10-/m0/s1. The number of nitrogens with one attached hydrogen (secondary N) is 2. The molecule has 0 aromatic carbocycles. The molecule has 12 nitrogen and oxygen atoms in total. The van der Waals surface area contributed by atoms with Crippen LogP contribution in [0.1, 0.15) is 51.4 Å². The molecule has 0 aromatic rings. The third-order valence-electron chi connectivity index (χ3n) is 3.62. The zero-order chi connectivity index (χ0) is 21.7. The molecule has 0 aliphatic heterocycles. The summed E-state index contributed by atoms with van der Waals surface area (Å²) in [6.45, 7) is 0. The van der Waals surface area contributed by atoms with Crippen molar-refractivity contribution in [2.75, 3.05) is 0 Å². The molecular weight excluding hydrogens is 380 g/mol. The van der Waals surface area contributed by atoms with Gasteiger partial charge in [-0.2, -0.15) is 0 Å². The highest BCUT2D eigenvalue weighted by molar-refractivity contribution is 5.85. The quantitative estimate of drug-likeness (QED) is 0.191. The van der Waals surface area contributed by atoms with E-state index in [-0.39, 0.29) is 38.5 Å². The Kier molecular flexibility index (Phi) is 11.6. The normalized spacial score (nSPS) is 12.4. The molecule has 0 saturated heterocycles. The number of hydrogen-bond donors (Lipinski definition) is 6. The molecule has 0 unspecified atom stereocenters. The van der Waals surface area contributed by atoms with E-state index in [4.69, 9.17) is 20.4 Å². The van der Waals surface area contributed by atoms with E-state index in [1.54, 1.807) is 0 Å². The van der Waals surface area contributed by atoms with Crippen molar-refractivity contribution in [1.29, 1.82) is 0 Å². The average Bonchev–Trinajstić information content (AvgIpc) is 2.58. The number of carboxylic acids is 4. The molecule has 0 spiro atoms. The predicted octanol–water partition coefficient (Wildman–Crippen LogP) is -0.585. The van der Waals surface area contributed by atoms with Gasteiger partial charge in [-0.25, -0.2) is 9.59 Å². The van der Waals surface area contributed by atoms with Gasteiger partial charge >= 0.3 is 23.9 Å². The molecule has 0 aliphatic rings. The molecule has 12 heteroatoms. The number of rotatable bonds is 15. The van der Waals surface area contributed by atoms with Crippen LogP contribution in [0.15, 0.2) is 0 Å². The van der Waals surface area contributed by atoms with E-state index in [2.05, 4.69) is 10.6 Å². The Balaban J connectivity index is 4.20. The van der Waals surface area contributed by atoms with Crippen molar-refractivity contribution in [1.82, 2.24) is 10.6 Å². The molecule has 0 aromatic heterocycles. The van der Waals surface area contributed by atoms with Crippen LogP contribution in [0.4, 0.5) is 0 Å². The van der Waals surface area contributed by atoms with Gasteiger partial charge in [0.2, 0.25) is 11.8 Å². The molecule has 2 atom stereocenters. The Bertz CT molecular complexity index is 552. The first-order chi connectivity index (χ1) is 13.0. The van der Waals surface area contributed by atoms with Gasteiger partial charge in [0.1, 0.15) is 12.1 Å². The van der Waals surface area contributed by atoms with Gasteiger partial charge in [-0.3, -0.25) is 19.2 Å².